The van der Waals surface area contributed by atoms with Crippen LogP contribution in [0.4, 0.5) is 5.82 Å². The van der Waals surface area contributed by atoms with Crippen molar-refractivity contribution in [1.82, 2.24) is 15.0 Å². The average molecular weight is 244 g/mol. The zero-order valence-corrected chi connectivity index (χ0v) is 10.7. The van der Waals surface area contributed by atoms with Gasteiger partial charge in [0.1, 0.15) is 11.6 Å². The van der Waals surface area contributed by atoms with Crippen LogP contribution in [0.15, 0.2) is 16.9 Å². The summed E-state index contributed by atoms with van der Waals surface area (Å²) in [5.41, 5.74) is 8.74. The first-order chi connectivity index (χ1) is 8.51. The second-order valence-electron chi connectivity index (χ2n) is 4.27. The van der Waals surface area contributed by atoms with Gasteiger partial charge in [0.2, 0.25) is 0 Å². The normalized spacial score (nSPS) is 10.6. The Morgan fingerprint density at radius 1 is 1.22 bits per heavy atom. The minimum atomic E-state index is -0.174. The fourth-order valence-electron chi connectivity index (χ4n) is 1.96. The van der Waals surface area contributed by atoms with Crippen molar-refractivity contribution in [3.05, 3.63) is 39.4 Å². The van der Waals surface area contributed by atoms with E-state index in [9.17, 15) is 4.79 Å². The maximum Gasteiger partial charge on any atom is 0.256 e. The molecule has 0 fully saturated rings. The maximum atomic E-state index is 11.8. The number of aromatic amines is 1. The molecule has 0 spiro atoms. The Morgan fingerprint density at radius 2 is 1.83 bits per heavy atom. The molecule has 94 valence electrons. The van der Waals surface area contributed by atoms with E-state index >= 15 is 0 Å². The summed E-state index contributed by atoms with van der Waals surface area (Å²) in [6.07, 6.45) is 0.572. The van der Waals surface area contributed by atoms with E-state index in [1.807, 2.05) is 32.9 Å². The van der Waals surface area contributed by atoms with Crippen LogP contribution in [0, 0.1) is 13.8 Å². The van der Waals surface area contributed by atoms with E-state index in [4.69, 9.17) is 5.73 Å². The molecule has 0 aromatic carbocycles. The van der Waals surface area contributed by atoms with Gasteiger partial charge in [-0.15, -0.1) is 0 Å². The van der Waals surface area contributed by atoms with Crippen LogP contribution in [-0.4, -0.2) is 15.0 Å². The molecule has 0 atom stereocenters. The van der Waals surface area contributed by atoms with Crippen LogP contribution in [0.3, 0.4) is 0 Å². The zero-order chi connectivity index (χ0) is 13.3. The van der Waals surface area contributed by atoms with Crippen molar-refractivity contribution in [2.24, 2.45) is 0 Å². The van der Waals surface area contributed by atoms with Crippen LogP contribution in [-0.2, 0) is 6.42 Å². The standard InChI is InChI=1S/C13H16N4O/c1-4-10-11(14)16-12(17-13(10)18)9-5-7(2)15-8(3)6-9/h5-6H,4H2,1-3H3,(H3,14,16,17,18). The Balaban J connectivity index is 2.61. The van der Waals surface area contributed by atoms with Crippen molar-refractivity contribution in [2.45, 2.75) is 27.2 Å². The topological polar surface area (TPSA) is 84.7 Å². The summed E-state index contributed by atoms with van der Waals surface area (Å²) >= 11 is 0. The van der Waals surface area contributed by atoms with Crippen molar-refractivity contribution in [2.75, 3.05) is 5.73 Å². The molecule has 0 saturated carbocycles. The molecule has 0 bridgehead atoms. The van der Waals surface area contributed by atoms with Gasteiger partial charge in [-0.05, 0) is 32.4 Å². The molecule has 5 nitrogen and oxygen atoms in total. The average Bonchev–Trinajstić information content (AvgIpc) is 2.27. The molecule has 0 aliphatic carbocycles. The molecule has 0 radical (unpaired) electrons. The van der Waals surface area contributed by atoms with E-state index in [-0.39, 0.29) is 5.56 Å². The highest BCUT2D eigenvalue weighted by molar-refractivity contribution is 5.58. The van der Waals surface area contributed by atoms with E-state index in [0.717, 1.165) is 17.0 Å². The van der Waals surface area contributed by atoms with Gasteiger partial charge in [0.05, 0.1) is 5.56 Å². The lowest BCUT2D eigenvalue weighted by molar-refractivity contribution is 1.02. The Morgan fingerprint density at radius 3 is 2.33 bits per heavy atom. The fraction of sp³-hybridized carbons (Fsp3) is 0.308. The number of nitrogen functional groups attached to an aromatic ring is 1. The molecule has 0 amide bonds. The van der Waals surface area contributed by atoms with Crippen molar-refractivity contribution < 1.29 is 0 Å². The predicted octanol–water partition coefficient (Wildman–Crippen LogP) is 1.59. The summed E-state index contributed by atoms with van der Waals surface area (Å²) < 4.78 is 0. The molecular formula is C13H16N4O. The first-order valence-electron chi connectivity index (χ1n) is 5.85. The molecule has 2 aromatic rings. The number of nitrogens with one attached hydrogen (secondary N) is 1. The SMILES string of the molecule is CCc1c(N)nc(-c2cc(C)nc(C)c2)[nH]c1=O. The smallest absolute Gasteiger partial charge is 0.256 e. The quantitative estimate of drug-likeness (QED) is 0.840. The molecule has 0 saturated heterocycles. The third-order valence-electron chi connectivity index (χ3n) is 2.76. The third kappa shape index (κ3) is 2.25. The van der Waals surface area contributed by atoms with E-state index in [1.54, 1.807) is 0 Å². The summed E-state index contributed by atoms with van der Waals surface area (Å²) in [5.74, 6) is 0.784. The summed E-state index contributed by atoms with van der Waals surface area (Å²) in [6.45, 7) is 5.68. The second kappa shape index (κ2) is 4.60. The third-order valence-corrected chi connectivity index (χ3v) is 2.76. The molecule has 0 unspecified atom stereocenters. The van der Waals surface area contributed by atoms with Gasteiger partial charge in [-0.3, -0.25) is 9.78 Å². The number of pyridine rings is 1. The van der Waals surface area contributed by atoms with Gasteiger partial charge in [-0.1, -0.05) is 6.92 Å². The Labute approximate surface area is 105 Å². The summed E-state index contributed by atoms with van der Waals surface area (Å²) in [7, 11) is 0. The lowest BCUT2D eigenvalue weighted by Crippen LogP contribution is -2.17. The monoisotopic (exact) mass is 244 g/mol. The van der Waals surface area contributed by atoms with Crippen LogP contribution >= 0.6 is 0 Å². The molecule has 2 heterocycles. The number of aryl methyl sites for hydroxylation is 2. The Bertz CT molecular complexity index is 626. The maximum absolute atomic E-state index is 11.8. The number of aromatic nitrogens is 3. The van der Waals surface area contributed by atoms with Crippen molar-refractivity contribution in [3.63, 3.8) is 0 Å². The summed E-state index contributed by atoms with van der Waals surface area (Å²) in [6, 6.07) is 3.74. The molecule has 3 N–H and O–H groups in total. The van der Waals surface area contributed by atoms with E-state index in [2.05, 4.69) is 15.0 Å². The summed E-state index contributed by atoms with van der Waals surface area (Å²) in [5, 5.41) is 0. The lowest BCUT2D eigenvalue weighted by atomic mass is 10.1. The molecule has 18 heavy (non-hydrogen) atoms. The number of hydrogen-bond acceptors (Lipinski definition) is 4. The lowest BCUT2D eigenvalue weighted by Gasteiger charge is -2.07. The second-order valence-corrected chi connectivity index (χ2v) is 4.27. The molecule has 0 aliphatic heterocycles. The van der Waals surface area contributed by atoms with Crippen molar-refractivity contribution >= 4 is 5.82 Å². The van der Waals surface area contributed by atoms with Gasteiger partial charge in [0, 0.05) is 17.0 Å². The Kier molecular flexibility index (Phi) is 3.14. The van der Waals surface area contributed by atoms with Crippen LogP contribution in [0.2, 0.25) is 0 Å². The van der Waals surface area contributed by atoms with Gasteiger partial charge in [0.15, 0.2) is 0 Å². The Hall–Kier alpha value is -2.17. The highest BCUT2D eigenvalue weighted by atomic mass is 16.1. The number of hydrogen-bond donors (Lipinski definition) is 2. The molecule has 2 rings (SSSR count). The van der Waals surface area contributed by atoms with E-state index < -0.39 is 0 Å². The van der Waals surface area contributed by atoms with E-state index in [0.29, 0.717) is 23.6 Å². The molecule has 0 aliphatic rings. The fourth-order valence-corrected chi connectivity index (χ4v) is 1.96. The van der Waals surface area contributed by atoms with Crippen molar-refractivity contribution in [3.8, 4) is 11.4 Å². The minimum Gasteiger partial charge on any atom is -0.383 e. The van der Waals surface area contributed by atoms with Gasteiger partial charge in [-0.2, -0.15) is 0 Å². The number of nitrogens with zero attached hydrogens (tertiary/aromatic N) is 2. The largest absolute Gasteiger partial charge is 0.383 e. The van der Waals surface area contributed by atoms with Crippen LogP contribution in [0.25, 0.3) is 11.4 Å². The summed E-state index contributed by atoms with van der Waals surface area (Å²) in [4.78, 5) is 23.1. The highest BCUT2D eigenvalue weighted by Gasteiger charge is 2.09. The first-order valence-corrected chi connectivity index (χ1v) is 5.85. The van der Waals surface area contributed by atoms with Crippen LogP contribution < -0.4 is 11.3 Å². The first kappa shape index (κ1) is 12.3. The molecular weight excluding hydrogens is 228 g/mol. The molecule has 2 aromatic heterocycles. The zero-order valence-electron chi connectivity index (χ0n) is 10.7. The highest BCUT2D eigenvalue weighted by Crippen LogP contribution is 2.17. The van der Waals surface area contributed by atoms with Crippen LogP contribution in [0.1, 0.15) is 23.9 Å². The number of H-pyrrole nitrogens is 1. The van der Waals surface area contributed by atoms with Crippen LogP contribution in [0.5, 0.6) is 0 Å². The number of anilines is 1. The van der Waals surface area contributed by atoms with Gasteiger partial charge >= 0.3 is 0 Å². The van der Waals surface area contributed by atoms with E-state index in [1.165, 1.54) is 0 Å². The van der Waals surface area contributed by atoms with Crippen molar-refractivity contribution in [1.29, 1.82) is 0 Å². The molecule has 5 heteroatoms. The number of nitrogens with two attached hydrogens (primary N) is 1. The minimum absolute atomic E-state index is 0.174. The number of rotatable bonds is 2. The van der Waals surface area contributed by atoms with Gasteiger partial charge in [0.25, 0.3) is 5.56 Å². The van der Waals surface area contributed by atoms with Gasteiger partial charge < -0.3 is 10.7 Å². The van der Waals surface area contributed by atoms with Gasteiger partial charge in [-0.25, -0.2) is 4.98 Å². The predicted molar refractivity (Wildman–Crippen MR) is 71.4 cm³/mol.